The normalized spacial score (nSPS) is 11.0. The van der Waals surface area contributed by atoms with E-state index in [-0.39, 0.29) is 5.28 Å². The summed E-state index contributed by atoms with van der Waals surface area (Å²) < 4.78 is 0. The fourth-order valence-corrected chi connectivity index (χ4v) is 3.26. The highest BCUT2D eigenvalue weighted by atomic mass is 35.5. The maximum Gasteiger partial charge on any atom is 0.225 e. The number of halogens is 1. The molecule has 0 saturated carbocycles. The van der Waals surface area contributed by atoms with E-state index < -0.39 is 0 Å². The summed E-state index contributed by atoms with van der Waals surface area (Å²) in [5.41, 5.74) is 2.86. The van der Waals surface area contributed by atoms with Crippen LogP contribution in [0.4, 0.5) is 5.82 Å². The summed E-state index contributed by atoms with van der Waals surface area (Å²) in [7, 11) is 1.98. The van der Waals surface area contributed by atoms with Crippen molar-refractivity contribution in [3.05, 3.63) is 33.3 Å². The second-order valence-electron chi connectivity index (χ2n) is 3.79. The van der Waals surface area contributed by atoms with Gasteiger partial charge in [-0.15, -0.1) is 22.7 Å². The lowest BCUT2D eigenvalue weighted by Gasteiger charge is -2.17. The minimum Gasteiger partial charge on any atom is -0.353 e. The lowest BCUT2D eigenvalue weighted by Crippen LogP contribution is -2.18. The van der Waals surface area contributed by atoms with Crippen LogP contribution in [0.15, 0.2) is 22.3 Å². The van der Waals surface area contributed by atoms with E-state index in [9.17, 15) is 0 Å². The van der Waals surface area contributed by atoms with Gasteiger partial charge in [0, 0.05) is 12.4 Å². The summed E-state index contributed by atoms with van der Waals surface area (Å²) in [5, 5.41) is 5.34. The van der Waals surface area contributed by atoms with Gasteiger partial charge in [0.1, 0.15) is 10.6 Å². The second kappa shape index (κ2) is 4.79. The highest BCUT2D eigenvalue weighted by Gasteiger charge is 2.12. The van der Waals surface area contributed by atoms with E-state index in [0.717, 1.165) is 21.7 Å². The van der Waals surface area contributed by atoms with Crippen LogP contribution < -0.4 is 4.90 Å². The van der Waals surface area contributed by atoms with Crippen LogP contribution in [0.2, 0.25) is 5.28 Å². The minimum atomic E-state index is 0.282. The number of rotatable bonds is 3. The van der Waals surface area contributed by atoms with Gasteiger partial charge in [0.2, 0.25) is 5.28 Å². The molecule has 0 amide bonds. The summed E-state index contributed by atoms with van der Waals surface area (Å²) in [6, 6.07) is 2.02. The quantitative estimate of drug-likeness (QED) is 0.694. The number of nitrogens with zero attached hydrogens (tertiary/aromatic N) is 4. The van der Waals surface area contributed by atoms with Gasteiger partial charge in [0.15, 0.2) is 0 Å². The smallest absolute Gasteiger partial charge is 0.225 e. The van der Waals surface area contributed by atoms with Crippen molar-refractivity contribution in [1.29, 1.82) is 0 Å². The molecule has 0 aromatic carbocycles. The molecule has 0 N–H and O–H groups in total. The number of anilines is 1. The molecule has 0 bridgehead atoms. The van der Waals surface area contributed by atoms with Crippen molar-refractivity contribution in [3.63, 3.8) is 0 Å². The fourth-order valence-electron chi connectivity index (χ4n) is 1.74. The Morgan fingerprint density at radius 3 is 3.06 bits per heavy atom. The van der Waals surface area contributed by atoms with Crippen LogP contribution >= 0.6 is 34.3 Å². The molecule has 0 atom stereocenters. The first-order valence-electron chi connectivity index (χ1n) is 5.23. The van der Waals surface area contributed by atoms with Crippen molar-refractivity contribution < 1.29 is 0 Å². The summed E-state index contributed by atoms with van der Waals surface area (Å²) >= 11 is 9.11. The summed E-state index contributed by atoms with van der Waals surface area (Å²) in [5.74, 6) is 0.847. The van der Waals surface area contributed by atoms with Gasteiger partial charge in [-0.3, -0.25) is 0 Å². The molecular weight excluding hydrogens is 288 g/mol. The van der Waals surface area contributed by atoms with Gasteiger partial charge in [-0.25, -0.2) is 9.97 Å². The average Bonchev–Trinajstić information content (AvgIpc) is 2.97. The highest BCUT2D eigenvalue weighted by Crippen LogP contribution is 2.29. The SMILES string of the molecule is CN(Cc1cscn1)c1nc(Cl)nc2sccc12. The van der Waals surface area contributed by atoms with E-state index in [0.29, 0.717) is 6.54 Å². The van der Waals surface area contributed by atoms with Crippen LogP contribution in [0.25, 0.3) is 10.2 Å². The van der Waals surface area contributed by atoms with Gasteiger partial charge in [0.05, 0.1) is 23.1 Å². The number of aromatic nitrogens is 3. The van der Waals surface area contributed by atoms with Gasteiger partial charge in [-0.2, -0.15) is 4.98 Å². The van der Waals surface area contributed by atoms with Crippen molar-refractivity contribution in [2.24, 2.45) is 0 Å². The Hall–Kier alpha value is -1.24. The molecule has 3 rings (SSSR count). The zero-order chi connectivity index (χ0) is 12.5. The zero-order valence-electron chi connectivity index (χ0n) is 9.50. The summed E-state index contributed by atoms with van der Waals surface area (Å²) in [6.45, 7) is 0.710. The van der Waals surface area contributed by atoms with Gasteiger partial charge in [0.25, 0.3) is 0 Å². The molecule has 7 heteroatoms. The standard InChI is InChI=1S/C11H9ClN4S2/c1-16(4-7-5-17-6-13-7)9-8-2-3-18-10(8)15-11(12)14-9/h2-3,5-6H,4H2,1H3. The molecule has 4 nitrogen and oxygen atoms in total. The average molecular weight is 297 g/mol. The Labute approximate surface area is 117 Å². The molecule has 92 valence electrons. The molecule has 3 aromatic rings. The predicted molar refractivity (Wildman–Crippen MR) is 76.6 cm³/mol. The van der Waals surface area contributed by atoms with E-state index in [1.165, 1.54) is 0 Å². The predicted octanol–water partition coefficient (Wildman–Crippen LogP) is 3.44. The number of thiophene rings is 1. The number of thiazole rings is 1. The maximum absolute atomic E-state index is 5.95. The topological polar surface area (TPSA) is 41.9 Å². The van der Waals surface area contributed by atoms with Crippen LogP contribution in [0, 0.1) is 0 Å². The van der Waals surface area contributed by atoms with Crippen molar-refractivity contribution in [2.75, 3.05) is 11.9 Å². The lowest BCUT2D eigenvalue weighted by atomic mass is 10.3. The maximum atomic E-state index is 5.95. The summed E-state index contributed by atoms with van der Waals surface area (Å²) in [6.07, 6.45) is 0. The molecule has 18 heavy (non-hydrogen) atoms. The third kappa shape index (κ3) is 2.19. The van der Waals surface area contributed by atoms with Crippen molar-refractivity contribution in [3.8, 4) is 0 Å². The molecule has 0 spiro atoms. The van der Waals surface area contributed by atoms with Gasteiger partial charge in [-0.05, 0) is 23.0 Å². The molecule has 3 aromatic heterocycles. The number of hydrogen-bond acceptors (Lipinski definition) is 6. The largest absolute Gasteiger partial charge is 0.353 e. The van der Waals surface area contributed by atoms with Crippen LogP contribution in [0.3, 0.4) is 0 Å². The fraction of sp³-hybridized carbons (Fsp3) is 0.182. The van der Waals surface area contributed by atoms with Crippen LogP contribution in [-0.2, 0) is 6.54 Å². The zero-order valence-corrected chi connectivity index (χ0v) is 11.9. The second-order valence-corrected chi connectivity index (χ2v) is 5.74. The van der Waals surface area contributed by atoms with E-state index in [2.05, 4.69) is 15.0 Å². The molecule has 0 aliphatic rings. The Kier molecular flexibility index (Phi) is 3.15. The van der Waals surface area contributed by atoms with E-state index >= 15 is 0 Å². The first kappa shape index (κ1) is 11.8. The number of fused-ring (bicyclic) bond motifs is 1. The van der Waals surface area contributed by atoms with Gasteiger partial charge in [-0.1, -0.05) is 0 Å². The molecule has 0 aliphatic carbocycles. The molecule has 0 saturated heterocycles. The Morgan fingerprint density at radius 1 is 1.39 bits per heavy atom. The van der Waals surface area contributed by atoms with Crippen LogP contribution in [0.1, 0.15) is 5.69 Å². The lowest BCUT2D eigenvalue weighted by molar-refractivity contribution is 0.877. The molecule has 0 unspecified atom stereocenters. The molecule has 0 fully saturated rings. The molecular formula is C11H9ClN4S2. The van der Waals surface area contributed by atoms with Crippen molar-refractivity contribution in [1.82, 2.24) is 15.0 Å². The first-order chi connectivity index (χ1) is 8.74. The third-order valence-electron chi connectivity index (χ3n) is 2.52. The Bertz CT molecular complexity index is 665. The summed E-state index contributed by atoms with van der Waals surface area (Å²) in [4.78, 5) is 15.8. The first-order valence-corrected chi connectivity index (χ1v) is 7.43. The van der Waals surface area contributed by atoms with E-state index in [1.54, 1.807) is 22.7 Å². The van der Waals surface area contributed by atoms with Crippen LogP contribution in [0.5, 0.6) is 0 Å². The third-order valence-corrected chi connectivity index (χ3v) is 4.13. The van der Waals surface area contributed by atoms with E-state index in [4.69, 9.17) is 11.6 Å². The molecule has 0 aliphatic heterocycles. The Balaban J connectivity index is 2.00. The number of hydrogen-bond donors (Lipinski definition) is 0. The molecule has 3 heterocycles. The van der Waals surface area contributed by atoms with E-state index in [1.807, 2.05) is 34.3 Å². The van der Waals surface area contributed by atoms with Gasteiger partial charge < -0.3 is 4.90 Å². The van der Waals surface area contributed by atoms with Crippen molar-refractivity contribution >= 4 is 50.3 Å². The Morgan fingerprint density at radius 2 is 2.28 bits per heavy atom. The van der Waals surface area contributed by atoms with Gasteiger partial charge >= 0.3 is 0 Å². The minimum absolute atomic E-state index is 0.282. The van der Waals surface area contributed by atoms with Crippen LogP contribution in [-0.4, -0.2) is 22.0 Å². The molecule has 0 radical (unpaired) electrons. The monoisotopic (exact) mass is 296 g/mol. The highest BCUT2D eigenvalue weighted by molar-refractivity contribution is 7.16. The van der Waals surface area contributed by atoms with Crippen molar-refractivity contribution in [2.45, 2.75) is 6.54 Å².